The maximum atomic E-state index is 11.6. The van der Waals surface area contributed by atoms with Crippen LogP contribution in [-0.2, 0) is 9.53 Å². The SMILES string of the molecule is CCOC(=O)N1CC[NH+](CC(=O)NC(C)C)CC1. The van der Waals surface area contributed by atoms with Crippen molar-refractivity contribution in [1.29, 1.82) is 0 Å². The van der Waals surface area contributed by atoms with Gasteiger partial charge >= 0.3 is 6.09 Å². The van der Waals surface area contributed by atoms with Gasteiger partial charge in [-0.1, -0.05) is 0 Å². The first-order valence-electron chi connectivity index (χ1n) is 6.57. The molecule has 1 aliphatic rings. The summed E-state index contributed by atoms with van der Waals surface area (Å²) in [7, 11) is 0. The van der Waals surface area contributed by atoms with Crippen LogP contribution >= 0.6 is 0 Å². The van der Waals surface area contributed by atoms with Gasteiger partial charge in [-0.2, -0.15) is 0 Å². The summed E-state index contributed by atoms with van der Waals surface area (Å²) in [5.41, 5.74) is 0. The molecule has 2 N–H and O–H groups in total. The Morgan fingerprint density at radius 2 is 1.94 bits per heavy atom. The van der Waals surface area contributed by atoms with Gasteiger partial charge in [-0.25, -0.2) is 4.79 Å². The summed E-state index contributed by atoms with van der Waals surface area (Å²) >= 11 is 0. The van der Waals surface area contributed by atoms with Crippen molar-refractivity contribution >= 4 is 12.0 Å². The van der Waals surface area contributed by atoms with Gasteiger partial charge in [0.2, 0.25) is 0 Å². The lowest BCUT2D eigenvalue weighted by Gasteiger charge is -2.31. The van der Waals surface area contributed by atoms with Crippen molar-refractivity contribution in [2.45, 2.75) is 26.8 Å². The molecule has 0 bridgehead atoms. The molecule has 1 aliphatic heterocycles. The normalized spacial score (nSPS) is 16.8. The van der Waals surface area contributed by atoms with Gasteiger partial charge in [-0.15, -0.1) is 0 Å². The Bertz CT molecular complexity index is 286. The Balaban J connectivity index is 2.27. The Hall–Kier alpha value is -1.30. The number of nitrogens with zero attached hydrogens (tertiary/aromatic N) is 1. The monoisotopic (exact) mass is 258 g/mol. The predicted octanol–water partition coefficient (Wildman–Crippen LogP) is -1.13. The molecule has 1 saturated heterocycles. The highest BCUT2D eigenvalue weighted by Gasteiger charge is 2.25. The molecule has 104 valence electrons. The number of piperazine rings is 1. The largest absolute Gasteiger partial charge is 0.450 e. The van der Waals surface area contributed by atoms with Gasteiger partial charge < -0.3 is 15.0 Å². The molecular formula is C12H24N3O3+. The Morgan fingerprint density at radius 3 is 2.44 bits per heavy atom. The number of carbonyl (C=O) groups excluding carboxylic acids is 2. The lowest BCUT2D eigenvalue weighted by atomic mass is 10.3. The summed E-state index contributed by atoms with van der Waals surface area (Å²) in [6.45, 7) is 9.49. The fraction of sp³-hybridized carbons (Fsp3) is 0.833. The lowest BCUT2D eigenvalue weighted by Crippen LogP contribution is -3.15. The van der Waals surface area contributed by atoms with E-state index in [2.05, 4.69) is 5.32 Å². The highest BCUT2D eigenvalue weighted by atomic mass is 16.6. The minimum Gasteiger partial charge on any atom is -0.450 e. The number of amides is 2. The van der Waals surface area contributed by atoms with Crippen molar-refractivity contribution in [3.05, 3.63) is 0 Å². The fourth-order valence-corrected chi connectivity index (χ4v) is 2.00. The average Bonchev–Trinajstić information content (AvgIpc) is 2.29. The Labute approximate surface area is 108 Å². The number of hydrogen-bond acceptors (Lipinski definition) is 3. The lowest BCUT2D eigenvalue weighted by molar-refractivity contribution is -0.896. The summed E-state index contributed by atoms with van der Waals surface area (Å²) in [6.07, 6.45) is -0.247. The smallest absolute Gasteiger partial charge is 0.410 e. The zero-order valence-corrected chi connectivity index (χ0v) is 11.5. The molecule has 6 heteroatoms. The number of quaternary nitrogens is 1. The standard InChI is InChI=1S/C12H23N3O3/c1-4-18-12(17)15-7-5-14(6-8-15)9-11(16)13-10(2)3/h10H,4-9H2,1-3H3,(H,13,16)/p+1. The molecule has 0 radical (unpaired) electrons. The van der Waals surface area contributed by atoms with Crippen molar-refractivity contribution < 1.29 is 19.2 Å². The highest BCUT2D eigenvalue weighted by molar-refractivity contribution is 5.77. The molecule has 0 saturated carbocycles. The van der Waals surface area contributed by atoms with Gasteiger partial charge in [-0.3, -0.25) is 9.69 Å². The summed E-state index contributed by atoms with van der Waals surface area (Å²) in [6, 6.07) is 0.178. The van der Waals surface area contributed by atoms with Crippen molar-refractivity contribution in [3.63, 3.8) is 0 Å². The van der Waals surface area contributed by atoms with E-state index >= 15 is 0 Å². The average molecular weight is 258 g/mol. The van der Waals surface area contributed by atoms with Crippen LogP contribution in [0.15, 0.2) is 0 Å². The third-order valence-corrected chi connectivity index (χ3v) is 2.86. The third-order valence-electron chi connectivity index (χ3n) is 2.86. The summed E-state index contributed by atoms with van der Waals surface area (Å²) in [5, 5.41) is 2.88. The van der Waals surface area contributed by atoms with Gasteiger partial charge in [0.05, 0.1) is 32.8 Å². The first kappa shape index (κ1) is 14.8. The molecule has 1 rings (SSSR count). The maximum Gasteiger partial charge on any atom is 0.410 e. The fourth-order valence-electron chi connectivity index (χ4n) is 2.00. The number of nitrogens with one attached hydrogen (secondary N) is 2. The molecule has 0 spiro atoms. The van der Waals surface area contributed by atoms with Crippen LogP contribution in [0.1, 0.15) is 20.8 Å². The molecule has 0 aromatic rings. The molecule has 0 aromatic carbocycles. The second-order valence-electron chi connectivity index (χ2n) is 4.83. The first-order valence-corrected chi connectivity index (χ1v) is 6.57. The topological polar surface area (TPSA) is 63.1 Å². The van der Waals surface area contributed by atoms with Gasteiger partial charge in [-0.05, 0) is 20.8 Å². The van der Waals surface area contributed by atoms with E-state index in [0.717, 1.165) is 13.1 Å². The van der Waals surface area contributed by atoms with E-state index in [9.17, 15) is 9.59 Å². The van der Waals surface area contributed by atoms with E-state index in [0.29, 0.717) is 26.2 Å². The van der Waals surface area contributed by atoms with Crippen LogP contribution in [0.2, 0.25) is 0 Å². The Morgan fingerprint density at radius 1 is 1.33 bits per heavy atom. The van der Waals surface area contributed by atoms with Crippen LogP contribution < -0.4 is 10.2 Å². The van der Waals surface area contributed by atoms with Gasteiger partial charge in [0.15, 0.2) is 6.54 Å². The zero-order valence-electron chi connectivity index (χ0n) is 11.5. The molecule has 6 nitrogen and oxygen atoms in total. The van der Waals surface area contributed by atoms with Crippen LogP contribution in [0.4, 0.5) is 4.79 Å². The molecule has 18 heavy (non-hydrogen) atoms. The minimum atomic E-state index is -0.247. The highest BCUT2D eigenvalue weighted by Crippen LogP contribution is 1.94. The van der Waals surface area contributed by atoms with Crippen LogP contribution in [0.25, 0.3) is 0 Å². The quantitative estimate of drug-likeness (QED) is 0.670. The second kappa shape index (κ2) is 7.20. The predicted molar refractivity (Wildman–Crippen MR) is 67.4 cm³/mol. The van der Waals surface area contributed by atoms with Crippen LogP contribution in [0.5, 0.6) is 0 Å². The van der Waals surface area contributed by atoms with E-state index in [4.69, 9.17) is 4.74 Å². The van der Waals surface area contributed by atoms with Gasteiger partial charge in [0.25, 0.3) is 5.91 Å². The molecule has 0 aromatic heterocycles. The molecule has 0 aliphatic carbocycles. The van der Waals surface area contributed by atoms with E-state index < -0.39 is 0 Å². The maximum absolute atomic E-state index is 11.6. The van der Waals surface area contributed by atoms with E-state index in [-0.39, 0.29) is 18.0 Å². The molecule has 0 atom stereocenters. The van der Waals surface area contributed by atoms with E-state index in [1.165, 1.54) is 4.90 Å². The third kappa shape index (κ3) is 4.91. The number of hydrogen-bond donors (Lipinski definition) is 2. The molecule has 0 unspecified atom stereocenters. The van der Waals surface area contributed by atoms with Crippen molar-refractivity contribution in [2.24, 2.45) is 0 Å². The molecule has 1 heterocycles. The number of rotatable bonds is 4. The van der Waals surface area contributed by atoms with Gasteiger partial charge in [0, 0.05) is 6.04 Å². The van der Waals surface area contributed by atoms with Crippen molar-refractivity contribution in [3.8, 4) is 0 Å². The van der Waals surface area contributed by atoms with Crippen LogP contribution in [0.3, 0.4) is 0 Å². The zero-order chi connectivity index (χ0) is 13.5. The van der Waals surface area contributed by atoms with Crippen molar-refractivity contribution in [1.82, 2.24) is 10.2 Å². The number of carbonyl (C=O) groups is 2. The summed E-state index contributed by atoms with van der Waals surface area (Å²) < 4.78 is 4.95. The number of ether oxygens (including phenoxy) is 1. The molecular weight excluding hydrogens is 234 g/mol. The second-order valence-corrected chi connectivity index (χ2v) is 4.83. The van der Waals surface area contributed by atoms with Crippen LogP contribution in [-0.4, -0.2) is 62.3 Å². The summed E-state index contributed by atoms with van der Waals surface area (Å²) in [5.74, 6) is 0.0737. The van der Waals surface area contributed by atoms with Crippen LogP contribution in [0, 0.1) is 0 Å². The van der Waals surface area contributed by atoms with E-state index in [1.54, 1.807) is 11.8 Å². The van der Waals surface area contributed by atoms with E-state index in [1.807, 2.05) is 13.8 Å². The minimum absolute atomic E-state index is 0.0737. The van der Waals surface area contributed by atoms with Crippen molar-refractivity contribution in [2.75, 3.05) is 39.3 Å². The molecule has 2 amide bonds. The molecule has 1 fully saturated rings. The summed E-state index contributed by atoms with van der Waals surface area (Å²) in [4.78, 5) is 26.0. The van der Waals surface area contributed by atoms with Gasteiger partial charge in [0.1, 0.15) is 0 Å². The Kier molecular flexibility index (Phi) is 5.91. The first-order chi connectivity index (χ1) is 8.52.